The summed E-state index contributed by atoms with van der Waals surface area (Å²) in [4.78, 5) is 0. The Morgan fingerprint density at radius 1 is 0.571 bits per heavy atom. The van der Waals surface area contributed by atoms with E-state index in [9.17, 15) is 0 Å². The molecular formula is C21H44. The van der Waals surface area contributed by atoms with Gasteiger partial charge in [-0.3, -0.25) is 0 Å². The summed E-state index contributed by atoms with van der Waals surface area (Å²) in [6.45, 7) is 19.4. The molecular weight excluding hydrogens is 252 g/mol. The molecule has 0 aliphatic rings. The van der Waals surface area contributed by atoms with Gasteiger partial charge in [-0.05, 0) is 41.9 Å². The third-order valence-corrected chi connectivity index (χ3v) is 6.52. The second-order valence-electron chi connectivity index (χ2n) is 7.89. The molecule has 0 rings (SSSR count). The van der Waals surface area contributed by atoms with Gasteiger partial charge in [0.25, 0.3) is 0 Å². The lowest BCUT2D eigenvalue weighted by Gasteiger charge is -2.32. The largest absolute Gasteiger partial charge is 0.0651 e. The predicted molar refractivity (Wildman–Crippen MR) is 98.7 cm³/mol. The molecule has 0 amide bonds. The fourth-order valence-electron chi connectivity index (χ4n) is 3.92. The first-order valence-electron chi connectivity index (χ1n) is 9.90. The van der Waals surface area contributed by atoms with Crippen LogP contribution in [0.2, 0.25) is 0 Å². The molecule has 5 unspecified atom stereocenters. The quantitative estimate of drug-likeness (QED) is 0.348. The Morgan fingerprint density at radius 3 is 1.52 bits per heavy atom. The summed E-state index contributed by atoms with van der Waals surface area (Å²) in [6, 6.07) is 0. The van der Waals surface area contributed by atoms with Crippen LogP contribution in [0.3, 0.4) is 0 Å². The van der Waals surface area contributed by atoms with E-state index in [1.165, 1.54) is 44.9 Å². The molecule has 0 heteroatoms. The minimum absolute atomic E-state index is 0.873. The summed E-state index contributed by atoms with van der Waals surface area (Å²) in [5.74, 6) is 5.43. The summed E-state index contributed by atoms with van der Waals surface area (Å²) in [6.07, 6.45) is 9.70. The van der Waals surface area contributed by atoms with Crippen LogP contribution >= 0.6 is 0 Å². The predicted octanol–water partition coefficient (Wildman–Crippen LogP) is 7.57. The Kier molecular flexibility index (Phi) is 11.6. The zero-order chi connectivity index (χ0) is 16.4. The van der Waals surface area contributed by atoms with Gasteiger partial charge >= 0.3 is 0 Å². The Labute approximate surface area is 136 Å². The van der Waals surface area contributed by atoms with Gasteiger partial charge in [0.15, 0.2) is 0 Å². The van der Waals surface area contributed by atoms with Crippen LogP contribution in [0.25, 0.3) is 0 Å². The van der Waals surface area contributed by atoms with Gasteiger partial charge in [-0.15, -0.1) is 0 Å². The van der Waals surface area contributed by atoms with Crippen LogP contribution < -0.4 is 0 Å². The Morgan fingerprint density at radius 2 is 1.10 bits per heavy atom. The number of rotatable bonds is 12. The van der Waals surface area contributed by atoms with E-state index < -0.39 is 0 Å². The van der Waals surface area contributed by atoms with Gasteiger partial charge in [0.05, 0.1) is 0 Å². The molecule has 0 heterocycles. The standard InChI is InChI=1S/C21H44/c1-9-16(5)13-14-17(6)19(8)18(7)15-21(12-4)20(10-2)11-3/h16-21H,9-15H2,1-8H3. The molecule has 0 nitrogen and oxygen atoms in total. The summed E-state index contributed by atoms with van der Waals surface area (Å²) in [5, 5.41) is 0. The van der Waals surface area contributed by atoms with Crippen LogP contribution in [-0.4, -0.2) is 0 Å². The van der Waals surface area contributed by atoms with E-state index in [4.69, 9.17) is 0 Å². The van der Waals surface area contributed by atoms with E-state index in [1.807, 2.05) is 0 Å². The molecule has 21 heavy (non-hydrogen) atoms. The van der Waals surface area contributed by atoms with Crippen molar-refractivity contribution in [1.82, 2.24) is 0 Å². The van der Waals surface area contributed by atoms with Crippen LogP contribution in [-0.2, 0) is 0 Å². The normalized spacial score (nSPS) is 19.3. The van der Waals surface area contributed by atoms with Gasteiger partial charge in [0, 0.05) is 0 Å². The summed E-state index contributed by atoms with van der Waals surface area (Å²) < 4.78 is 0. The highest BCUT2D eigenvalue weighted by molar-refractivity contribution is 4.75. The molecule has 0 aromatic heterocycles. The maximum Gasteiger partial charge on any atom is -0.0386 e. The van der Waals surface area contributed by atoms with Crippen molar-refractivity contribution in [2.45, 2.75) is 100 Å². The van der Waals surface area contributed by atoms with E-state index in [2.05, 4.69) is 55.4 Å². The van der Waals surface area contributed by atoms with Crippen LogP contribution in [0.5, 0.6) is 0 Å². The molecule has 0 fully saturated rings. The van der Waals surface area contributed by atoms with E-state index in [1.54, 1.807) is 0 Å². The van der Waals surface area contributed by atoms with Crippen molar-refractivity contribution < 1.29 is 0 Å². The Hall–Kier alpha value is 0. The lowest BCUT2D eigenvalue weighted by molar-refractivity contribution is 0.180. The van der Waals surface area contributed by atoms with Gasteiger partial charge in [0.1, 0.15) is 0 Å². The molecule has 0 saturated heterocycles. The van der Waals surface area contributed by atoms with Gasteiger partial charge in [-0.1, -0.05) is 93.9 Å². The first-order valence-corrected chi connectivity index (χ1v) is 9.90. The van der Waals surface area contributed by atoms with Crippen molar-refractivity contribution in [3.05, 3.63) is 0 Å². The third-order valence-electron chi connectivity index (χ3n) is 6.52. The highest BCUT2D eigenvalue weighted by atomic mass is 14.3. The molecule has 128 valence electrons. The molecule has 5 atom stereocenters. The topological polar surface area (TPSA) is 0 Å². The monoisotopic (exact) mass is 296 g/mol. The van der Waals surface area contributed by atoms with Gasteiger partial charge < -0.3 is 0 Å². The molecule has 0 radical (unpaired) electrons. The van der Waals surface area contributed by atoms with Crippen LogP contribution in [0.15, 0.2) is 0 Å². The summed E-state index contributed by atoms with van der Waals surface area (Å²) >= 11 is 0. The number of hydrogen-bond acceptors (Lipinski definition) is 0. The second kappa shape index (κ2) is 11.6. The molecule has 0 spiro atoms. The van der Waals surface area contributed by atoms with Crippen LogP contribution in [0.4, 0.5) is 0 Å². The highest BCUT2D eigenvalue weighted by Gasteiger charge is 2.25. The molecule has 0 bridgehead atoms. The first-order chi connectivity index (χ1) is 9.90. The van der Waals surface area contributed by atoms with Gasteiger partial charge in [-0.2, -0.15) is 0 Å². The maximum atomic E-state index is 2.51. The lowest BCUT2D eigenvalue weighted by Crippen LogP contribution is -2.23. The highest BCUT2D eigenvalue weighted by Crippen LogP contribution is 2.35. The van der Waals surface area contributed by atoms with E-state index in [0.29, 0.717) is 0 Å². The van der Waals surface area contributed by atoms with Gasteiger partial charge in [-0.25, -0.2) is 0 Å². The SMILES string of the molecule is CCC(C)CCC(C)C(C)C(C)CC(CC)C(CC)CC. The van der Waals surface area contributed by atoms with Crippen molar-refractivity contribution in [1.29, 1.82) is 0 Å². The maximum absolute atomic E-state index is 2.51. The minimum atomic E-state index is 0.873. The van der Waals surface area contributed by atoms with E-state index in [-0.39, 0.29) is 0 Å². The van der Waals surface area contributed by atoms with Crippen molar-refractivity contribution in [3.8, 4) is 0 Å². The Balaban J connectivity index is 4.37. The van der Waals surface area contributed by atoms with Crippen LogP contribution in [0.1, 0.15) is 100 Å². The Bertz CT molecular complexity index is 228. The molecule has 0 aromatic carbocycles. The average Bonchev–Trinajstić information content (AvgIpc) is 2.50. The fourth-order valence-corrected chi connectivity index (χ4v) is 3.92. The average molecular weight is 297 g/mol. The van der Waals surface area contributed by atoms with Crippen molar-refractivity contribution in [3.63, 3.8) is 0 Å². The molecule has 0 aromatic rings. The second-order valence-corrected chi connectivity index (χ2v) is 7.89. The zero-order valence-electron chi connectivity index (χ0n) is 16.4. The van der Waals surface area contributed by atoms with Crippen molar-refractivity contribution in [2.24, 2.45) is 35.5 Å². The van der Waals surface area contributed by atoms with E-state index >= 15 is 0 Å². The molecule has 0 aliphatic carbocycles. The van der Waals surface area contributed by atoms with Crippen LogP contribution in [0, 0.1) is 35.5 Å². The summed E-state index contributed by atoms with van der Waals surface area (Å²) in [5.41, 5.74) is 0. The third kappa shape index (κ3) is 7.71. The summed E-state index contributed by atoms with van der Waals surface area (Å²) in [7, 11) is 0. The van der Waals surface area contributed by atoms with Crippen molar-refractivity contribution >= 4 is 0 Å². The van der Waals surface area contributed by atoms with Gasteiger partial charge in [0.2, 0.25) is 0 Å². The molecule has 0 N–H and O–H groups in total. The fraction of sp³-hybridized carbons (Fsp3) is 1.00. The lowest BCUT2D eigenvalue weighted by atomic mass is 9.73. The smallest absolute Gasteiger partial charge is 0.0386 e. The van der Waals surface area contributed by atoms with Crippen molar-refractivity contribution in [2.75, 3.05) is 0 Å². The minimum Gasteiger partial charge on any atom is -0.0651 e. The number of hydrogen-bond donors (Lipinski definition) is 0. The molecule has 0 aliphatic heterocycles. The zero-order valence-corrected chi connectivity index (χ0v) is 16.4. The first kappa shape index (κ1) is 21.0. The molecule has 0 saturated carbocycles. The van der Waals surface area contributed by atoms with E-state index in [0.717, 1.165) is 35.5 Å².